The summed E-state index contributed by atoms with van der Waals surface area (Å²) in [6.07, 6.45) is 5.50. The molecule has 0 bridgehead atoms. The van der Waals surface area contributed by atoms with E-state index in [1.807, 2.05) is 0 Å². The Bertz CT molecular complexity index is 709. The highest BCUT2D eigenvalue weighted by atomic mass is 16.6. The third-order valence-corrected chi connectivity index (χ3v) is 4.60. The number of hydrogen-bond acceptors (Lipinski definition) is 6. The number of hydrogen-bond donors (Lipinski definition) is 0. The lowest BCUT2D eigenvalue weighted by molar-refractivity contribution is 0.162. The first kappa shape index (κ1) is 16.8. The van der Waals surface area contributed by atoms with Crippen LogP contribution in [0.2, 0.25) is 0 Å². The largest absolute Gasteiger partial charge is 0.299 e. The molecule has 1 aliphatic heterocycles. The second kappa shape index (κ2) is 6.84. The minimum absolute atomic E-state index is 0.0472. The van der Waals surface area contributed by atoms with Crippen LogP contribution in [0.4, 0.5) is 0 Å². The van der Waals surface area contributed by atoms with Crippen molar-refractivity contribution in [1.29, 1.82) is 0 Å². The van der Waals surface area contributed by atoms with Crippen molar-refractivity contribution in [3.63, 3.8) is 0 Å². The molecule has 0 radical (unpaired) electrons. The lowest BCUT2D eigenvalue weighted by Crippen LogP contribution is -2.36. The Kier molecular flexibility index (Phi) is 4.80. The van der Waals surface area contributed by atoms with Crippen LogP contribution < -0.4 is 5.56 Å². The molecule has 0 unspecified atom stereocenters. The number of likely N-dealkylation sites (tertiary alicyclic amines) is 1. The summed E-state index contributed by atoms with van der Waals surface area (Å²) >= 11 is 0. The van der Waals surface area contributed by atoms with Crippen LogP contribution in [0.5, 0.6) is 0 Å². The molecule has 0 aromatic carbocycles. The van der Waals surface area contributed by atoms with E-state index in [1.54, 1.807) is 23.2 Å². The van der Waals surface area contributed by atoms with E-state index < -0.39 is 0 Å². The predicted molar refractivity (Wildman–Crippen MR) is 89.5 cm³/mol. The number of aromatic nitrogens is 4. The lowest BCUT2D eigenvalue weighted by atomic mass is 9.92. The van der Waals surface area contributed by atoms with Crippen LogP contribution in [0.3, 0.4) is 0 Å². The average molecular weight is 331 g/mol. The van der Waals surface area contributed by atoms with Gasteiger partial charge in [0.05, 0.1) is 18.2 Å². The fraction of sp³-hybridized carbons (Fsp3) is 0.647. The standard InChI is InChI=1S/C17H25N5O2/c1-17(2,3)15-8-16(23)22(12-18-15)10-13-4-6-21(7-5-13)11-14-9-19-24-20-14/h8-9,12-13H,4-7,10-11H2,1-3H3. The summed E-state index contributed by atoms with van der Waals surface area (Å²) in [5, 5.41) is 7.49. The summed E-state index contributed by atoms with van der Waals surface area (Å²) in [5.41, 5.74) is 1.66. The van der Waals surface area contributed by atoms with E-state index in [2.05, 4.69) is 45.6 Å². The maximum atomic E-state index is 12.3. The van der Waals surface area contributed by atoms with Gasteiger partial charge in [0.25, 0.3) is 5.56 Å². The zero-order chi connectivity index (χ0) is 17.2. The molecule has 130 valence electrons. The first-order valence-electron chi connectivity index (χ1n) is 8.47. The summed E-state index contributed by atoms with van der Waals surface area (Å²) in [6, 6.07) is 1.67. The molecule has 3 rings (SSSR count). The molecule has 0 spiro atoms. The van der Waals surface area contributed by atoms with Gasteiger partial charge in [-0.3, -0.25) is 14.3 Å². The third-order valence-electron chi connectivity index (χ3n) is 4.60. The van der Waals surface area contributed by atoms with Gasteiger partial charge < -0.3 is 0 Å². The Morgan fingerprint density at radius 1 is 1.29 bits per heavy atom. The van der Waals surface area contributed by atoms with Crippen LogP contribution in [-0.2, 0) is 18.5 Å². The summed E-state index contributed by atoms with van der Waals surface area (Å²) < 4.78 is 6.38. The van der Waals surface area contributed by atoms with Gasteiger partial charge in [-0.15, -0.1) is 0 Å². The molecule has 1 saturated heterocycles. The summed E-state index contributed by atoms with van der Waals surface area (Å²) in [4.78, 5) is 19.1. The minimum Gasteiger partial charge on any atom is -0.299 e. The Morgan fingerprint density at radius 2 is 2.04 bits per heavy atom. The van der Waals surface area contributed by atoms with Crippen molar-refractivity contribution in [2.45, 2.75) is 52.1 Å². The van der Waals surface area contributed by atoms with Crippen LogP contribution in [0, 0.1) is 5.92 Å². The Hall–Kier alpha value is -2.02. The van der Waals surface area contributed by atoms with Crippen LogP contribution >= 0.6 is 0 Å². The Balaban J connectivity index is 1.55. The van der Waals surface area contributed by atoms with Gasteiger partial charge in [0.15, 0.2) is 0 Å². The SMILES string of the molecule is CC(C)(C)c1cc(=O)n(CC2CCN(Cc3cnon3)CC2)cn1. The molecular weight excluding hydrogens is 306 g/mol. The quantitative estimate of drug-likeness (QED) is 0.851. The van der Waals surface area contributed by atoms with Gasteiger partial charge in [0.1, 0.15) is 5.69 Å². The molecule has 2 aromatic rings. The van der Waals surface area contributed by atoms with Crippen LogP contribution in [-0.4, -0.2) is 37.9 Å². The zero-order valence-corrected chi connectivity index (χ0v) is 14.6. The second-order valence-corrected chi connectivity index (χ2v) is 7.63. The van der Waals surface area contributed by atoms with Gasteiger partial charge in [-0.05, 0) is 31.8 Å². The monoisotopic (exact) mass is 331 g/mol. The van der Waals surface area contributed by atoms with Gasteiger partial charge in [0.2, 0.25) is 0 Å². The zero-order valence-electron chi connectivity index (χ0n) is 14.6. The molecule has 0 amide bonds. The third kappa shape index (κ3) is 4.08. The first-order valence-corrected chi connectivity index (χ1v) is 8.47. The molecule has 7 heteroatoms. The van der Waals surface area contributed by atoms with E-state index in [0.717, 1.165) is 50.4 Å². The van der Waals surface area contributed by atoms with Crippen molar-refractivity contribution in [3.05, 3.63) is 40.3 Å². The molecule has 0 N–H and O–H groups in total. The molecule has 1 fully saturated rings. The molecule has 0 aliphatic carbocycles. The van der Waals surface area contributed by atoms with E-state index in [-0.39, 0.29) is 11.0 Å². The lowest BCUT2D eigenvalue weighted by Gasteiger charge is -2.31. The first-order chi connectivity index (χ1) is 11.4. The Morgan fingerprint density at radius 3 is 2.62 bits per heavy atom. The fourth-order valence-electron chi connectivity index (χ4n) is 3.06. The molecular formula is C17H25N5O2. The molecule has 7 nitrogen and oxygen atoms in total. The molecule has 0 atom stereocenters. The molecule has 1 aliphatic rings. The van der Waals surface area contributed by atoms with Crippen molar-refractivity contribution in [2.24, 2.45) is 5.92 Å². The smallest absolute Gasteiger partial charge is 0.253 e. The highest BCUT2D eigenvalue weighted by Crippen LogP contribution is 2.21. The average Bonchev–Trinajstić information content (AvgIpc) is 3.03. The van der Waals surface area contributed by atoms with Crippen LogP contribution in [0.15, 0.2) is 28.0 Å². The van der Waals surface area contributed by atoms with Crippen molar-refractivity contribution in [2.75, 3.05) is 13.1 Å². The van der Waals surface area contributed by atoms with Gasteiger partial charge in [-0.25, -0.2) is 9.61 Å². The highest BCUT2D eigenvalue weighted by molar-refractivity contribution is 5.10. The summed E-state index contributed by atoms with van der Waals surface area (Å²) in [6.45, 7) is 9.73. The van der Waals surface area contributed by atoms with E-state index in [1.165, 1.54) is 0 Å². The highest BCUT2D eigenvalue weighted by Gasteiger charge is 2.22. The van der Waals surface area contributed by atoms with Crippen molar-refractivity contribution in [1.82, 2.24) is 24.8 Å². The maximum Gasteiger partial charge on any atom is 0.253 e. The number of nitrogens with zero attached hydrogens (tertiary/aromatic N) is 5. The van der Waals surface area contributed by atoms with Gasteiger partial charge in [-0.1, -0.05) is 31.1 Å². The van der Waals surface area contributed by atoms with Gasteiger partial charge >= 0.3 is 0 Å². The molecule has 0 saturated carbocycles. The molecule has 24 heavy (non-hydrogen) atoms. The number of piperidine rings is 1. The fourth-order valence-corrected chi connectivity index (χ4v) is 3.06. The van der Waals surface area contributed by atoms with Gasteiger partial charge in [0, 0.05) is 24.6 Å². The summed E-state index contributed by atoms with van der Waals surface area (Å²) in [5.74, 6) is 0.511. The number of rotatable bonds is 4. The minimum atomic E-state index is -0.0977. The second-order valence-electron chi connectivity index (χ2n) is 7.63. The van der Waals surface area contributed by atoms with Crippen LogP contribution in [0.1, 0.15) is 45.0 Å². The van der Waals surface area contributed by atoms with Crippen LogP contribution in [0.25, 0.3) is 0 Å². The van der Waals surface area contributed by atoms with E-state index in [4.69, 9.17) is 0 Å². The summed E-state index contributed by atoms with van der Waals surface area (Å²) in [7, 11) is 0. The topological polar surface area (TPSA) is 77.0 Å². The van der Waals surface area contributed by atoms with Crippen molar-refractivity contribution < 1.29 is 4.63 Å². The van der Waals surface area contributed by atoms with E-state index >= 15 is 0 Å². The predicted octanol–water partition coefficient (Wildman–Crippen LogP) is 1.84. The van der Waals surface area contributed by atoms with Crippen molar-refractivity contribution >= 4 is 0 Å². The molecule has 3 heterocycles. The van der Waals surface area contributed by atoms with E-state index in [9.17, 15) is 4.79 Å². The van der Waals surface area contributed by atoms with Crippen molar-refractivity contribution in [3.8, 4) is 0 Å². The van der Waals surface area contributed by atoms with E-state index in [0.29, 0.717) is 5.92 Å². The normalized spacial score (nSPS) is 17.3. The van der Waals surface area contributed by atoms with Gasteiger partial charge in [-0.2, -0.15) is 0 Å². The maximum absolute atomic E-state index is 12.3. The Labute approximate surface area is 141 Å². The molecule has 2 aromatic heterocycles.